The van der Waals surface area contributed by atoms with Gasteiger partial charge in [-0.25, -0.2) is 18.4 Å². The minimum atomic E-state index is -2.52. The first-order valence-corrected chi connectivity index (χ1v) is 9.61. The molecule has 0 aliphatic carbocycles. The third kappa shape index (κ3) is 4.31. The van der Waals surface area contributed by atoms with Crippen LogP contribution in [0.5, 0.6) is 5.88 Å². The Morgan fingerprint density at radius 2 is 1.94 bits per heavy atom. The van der Waals surface area contributed by atoms with Gasteiger partial charge >= 0.3 is 0 Å². The standard InChI is InChI=1S/C21H19F2N7O2/c1-13-9-26-30(15-5-3-14(4-6-15)20(22)23)17(13)11-32-19-8-7-18(27-28-19)29-10-16(25-12-29)21(31)24-2/h3-10,12,20H,11H2,1-2H3,(H,24,31). The van der Waals surface area contributed by atoms with Crippen LogP contribution in [0.3, 0.4) is 0 Å². The second-order valence-electron chi connectivity index (χ2n) is 6.84. The number of hydrogen-bond donors (Lipinski definition) is 1. The van der Waals surface area contributed by atoms with Crippen LogP contribution in [-0.4, -0.2) is 42.5 Å². The Hall–Kier alpha value is -4.15. The number of imidazole rings is 1. The molecule has 0 atom stereocenters. The summed E-state index contributed by atoms with van der Waals surface area (Å²) in [5, 5.41) is 15.0. The highest BCUT2D eigenvalue weighted by Crippen LogP contribution is 2.22. The number of hydrogen-bond acceptors (Lipinski definition) is 6. The van der Waals surface area contributed by atoms with Gasteiger partial charge in [0.1, 0.15) is 18.6 Å². The second kappa shape index (κ2) is 8.92. The van der Waals surface area contributed by atoms with E-state index in [2.05, 4.69) is 25.6 Å². The molecule has 9 nitrogen and oxygen atoms in total. The average Bonchev–Trinajstić information content (AvgIpc) is 3.45. The van der Waals surface area contributed by atoms with Crippen LogP contribution < -0.4 is 10.1 Å². The number of ether oxygens (including phenoxy) is 1. The first kappa shape index (κ1) is 21.1. The molecule has 0 aliphatic rings. The predicted octanol–water partition coefficient (Wildman–Crippen LogP) is 3.03. The predicted molar refractivity (Wildman–Crippen MR) is 110 cm³/mol. The summed E-state index contributed by atoms with van der Waals surface area (Å²) >= 11 is 0. The van der Waals surface area contributed by atoms with Gasteiger partial charge in [0.05, 0.1) is 17.6 Å². The van der Waals surface area contributed by atoms with Crippen LogP contribution in [0.4, 0.5) is 8.78 Å². The van der Waals surface area contributed by atoms with Crippen LogP contribution in [0.1, 0.15) is 33.7 Å². The minimum Gasteiger partial charge on any atom is -0.470 e. The second-order valence-corrected chi connectivity index (χ2v) is 6.84. The molecule has 1 aromatic carbocycles. The summed E-state index contributed by atoms with van der Waals surface area (Å²) in [4.78, 5) is 15.7. The number of benzene rings is 1. The number of nitrogens with one attached hydrogen (secondary N) is 1. The van der Waals surface area contributed by atoms with Crippen LogP contribution in [0.15, 0.2) is 55.1 Å². The molecular formula is C21H19F2N7O2. The fourth-order valence-electron chi connectivity index (χ4n) is 2.98. The molecule has 1 amide bonds. The Morgan fingerprint density at radius 1 is 1.16 bits per heavy atom. The van der Waals surface area contributed by atoms with E-state index in [1.165, 1.54) is 25.5 Å². The van der Waals surface area contributed by atoms with Crippen molar-refractivity contribution < 1.29 is 18.3 Å². The van der Waals surface area contributed by atoms with Crippen molar-refractivity contribution in [2.24, 2.45) is 0 Å². The van der Waals surface area contributed by atoms with Gasteiger partial charge in [-0.3, -0.25) is 9.36 Å². The van der Waals surface area contributed by atoms with Crippen molar-refractivity contribution in [2.45, 2.75) is 20.0 Å². The lowest BCUT2D eigenvalue weighted by Gasteiger charge is -2.11. The van der Waals surface area contributed by atoms with E-state index in [4.69, 9.17) is 4.74 Å². The average molecular weight is 439 g/mol. The Bertz CT molecular complexity index is 1220. The quantitative estimate of drug-likeness (QED) is 0.475. The SMILES string of the molecule is CNC(=O)c1cn(-c2ccc(OCc3c(C)cnn3-c3ccc(C(F)F)cc3)nn2)cn1. The maximum Gasteiger partial charge on any atom is 0.271 e. The molecule has 3 aromatic heterocycles. The number of alkyl halides is 2. The van der Waals surface area contributed by atoms with E-state index >= 15 is 0 Å². The third-order valence-corrected chi connectivity index (χ3v) is 4.76. The normalized spacial score (nSPS) is 11.0. The van der Waals surface area contributed by atoms with Gasteiger partial charge in [-0.2, -0.15) is 5.10 Å². The van der Waals surface area contributed by atoms with Gasteiger partial charge in [-0.05, 0) is 30.7 Å². The molecule has 0 bridgehead atoms. The number of aryl methyl sites for hydroxylation is 1. The molecule has 0 saturated heterocycles. The van der Waals surface area contributed by atoms with E-state index in [0.717, 1.165) is 11.3 Å². The number of nitrogens with zero attached hydrogens (tertiary/aromatic N) is 6. The van der Waals surface area contributed by atoms with Crippen molar-refractivity contribution in [1.82, 2.24) is 34.8 Å². The van der Waals surface area contributed by atoms with Gasteiger partial charge in [-0.15, -0.1) is 10.2 Å². The van der Waals surface area contributed by atoms with Crippen LogP contribution in [0.2, 0.25) is 0 Å². The van der Waals surface area contributed by atoms with E-state index in [1.54, 1.807) is 45.9 Å². The number of aromatic nitrogens is 6. The molecule has 0 saturated carbocycles. The maximum atomic E-state index is 12.8. The summed E-state index contributed by atoms with van der Waals surface area (Å²) in [6, 6.07) is 9.25. The molecule has 0 unspecified atom stereocenters. The highest BCUT2D eigenvalue weighted by molar-refractivity contribution is 5.91. The van der Waals surface area contributed by atoms with Gasteiger partial charge in [0.2, 0.25) is 5.88 Å². The summed E-state index contributed by atoms with van der Waals surface area (Å²) in [6.45, 7) is 2.04. The Labute approximate surface area is 181 Å². The van der Waals surface area contributed by atoms with Crippen LogP contribution in [0.25, 0.3) is 11.5 Å². The van der Waals surface area contributed by atoms with E-state index in [9.17, 15) is 13.6 Å². The van der Waals surface area contributed by atoms with Gasteiger partial charge in [0, 0.05) is 24.9 Å². The minimum absolute atomic E-state index is 0.0499. The smallest absolute Gasteiger partial charge is 0.271 e. The maximum absolute atomic E-state index is 12.8. The van der Waals surface area contributed by atoms with E-state index < -0.39 is 6.43 Å². The number of halogens is 2. The molecule has 0 radical (unpaired) electrons. The number of rotatable bonds is 7. The molecule has 11 heteroatoms. The largest absolute Gasteiger partial charge is 0.470 e. The van der Waals surface area contributed by atoms with Crippen molar-refractivity contribution in [3.8, 4) is 17.4 Å². The Kier molecular flexibility index (Phi) is 5.88. The monoisotopic (exact) mass is 439 g/mol. The number of amides is 1. The number of carbonyl (C=O) groups is 1. The molecule has 4 aromatic rings. The van der Waals surface area contributed by atoms with Crippen molar-refractivity contribution in [3.05, 3.63) is 77.6 Å². The lowest BCUT2D eigenvalue weighted by atomic mass is 10.2. The van der Waals surface area contributed by atoms with Crippen LogP contribution in [0, 0.1) is 6.92 Å². The van der Waals surface area contributed by atoms with Crippen LogP contribution in [-0.2, 0) is 6.61 Å². The summed E-state index contributed by atoms with van der Waals surface area (Å²) in [5.74, 6) is 0.466. The molecule has 0 aliphatic heterocycles. The summed E-state index contributed by atoms with van der Waals surface area (Å²) in [7, 11) is 1.53. The van der Waals surface area contributed by atoms with Crippen molar-refractivity contribution in [1.29, 1.82) is 0 Å². The highest BCUT2D eigenvalue weighted by atomic mass is 19.3. The molecule has 0 fully saturated rings. The molecule has 164 valence electrons. The van der Waals surface area contributed by atoms with Gasteiger partial charge in [0.15, 0.2) is 5.82 Å². The molecule has 32 heavy (non-hydrogen) atoms. The molecule has 3 heterocycles. The summed E-state index contributed by atoms with van der Waals surface area (Å²) in [5.41, 5.74) is 2.50. The first-order valence-electron chi connectivity index (χ1n) is 9.61. The third-order valence-electron chi connectivity index (χ3n) is 4.76. The van der Waals surface area contributed by atoms with Gasteiger partial charge in [-0.1, -0.05) is 12.1 Å². The first-order chi connectivity index (χ1) is 15.5. The van der Waals surface area contributed by atoms with Crippen molar-refractivity contribution >= 4 is 5.91 Å². The number of carbonyl (C=O) groups excluding carboxylic acids is 1. The Morgan fingerprint density at radius 3 is 2.59 bits per heavy atom. The zero-order valence-electron chi connectivity index (χ0n) is 17.2. The highest BCUT2D eigenvalue weighted by Gasteiger charge is 2.13. The van der Waals surface area contributed by atoms with Crippen molar-refractivity contribution in [3.63, 3.8) is 0 Å². The lowest BCUT2D eigenvalue weighted by molar-refractivity contribution is 0.0958. The lowest BCUT2D eigenvalue weighted by Crippen LogP contribution is -2.18. The van der Waals surface area contributed by atoms with Gasteiger partial charge < -0.3 is 10.1 Å². The molecular weight excluding hydrogens is 420 g/mol. The summed E-state index contributed by atoms with van der Waals surface area (Å²) < 4.78 is 34.6. The van der Waals surface area contributed by atoms with Gasteiger partial charge in [0.25, 0.3) is 12.3 Å². The van der Waals surface area contributed by atoms with Crippen molar-refractivity contribution in [2.75, 3.05) is 7.05 Å². The summed E-state index contributed by atoms with van der Waals surface area (Å²) in [6.07, 6.45) is 2.17. The molecule has 0 spiro atoms. The zero-order chi connectivity index (χ0) is 22.7. The van der Waals surface area contributed by atoms with E-state index in [1.807, 2.05) is 6.92 Å². The zero-order valence-corrected chi connectivity index (χ0v) is 17.2. The topological polar surface area (TPSA) is 99.8 Å². The molecule has 4 rings (SSSR count). The Balaban J connectivity index is 1.47. The molecule has 1 N–H and O–H groups in total. The fourth-order valence-corrected chi connectivity index (χ4v) is 2.98. The fraction of sp³-hybridized carbons (Fsp3) is 0.190. The van der Waals surface area contributed by atoms with E-state index in [0.29, 0.717) is 17.4 Å². The van der Waals surface area contributed by atoms with Crippen LogP contribution >= 0.6 is 0 Å². The van der Waals surface area contributed by atoms with E-state index in [-0.39, 0.29) is 23.8 Å².